The second-order valence-electron chi connectivity index (χ2n) is 6.70. The zero-order chi connectivity index (χ0) is 21.8. The molecule has 0 aliphatic carbocycles. The molecule has 1 aromatic heterocycles. The van der Waals surface area contributed by atoms with Gasteiger partial charge in [-0.2, -0.15) is 0 Å². The van der Waals surface area contributed by atoms with Gasteiger partial charge in [-0.3, -0.25) is 0 Å². The lowest BCUT2D eigenvalue weighted by Crippen LogP contribution is -2.29. The standard InChI is InChI=1S/C22H18BrFN4O2S/c23-16-5-3-4-15(14-16)21-27-20-7-2-1-6-19(20)22(28-21)25-12-13-26-31(29,30)18-10-8-17(24)9-11-18/h1-11,14,26H,12-13H2,(H,25,27,28). The first kappa shape index (κ1) is 21.4. The number of sulfonamides is 1. The summed E-state index contributed by atoms with van der Waals surface area (Å²) < 4.78 is 41.2. The molecule has 0 spiro atoms. The number of aromatic nitrogens is 2. The fraction of sp³-hybridized carbons (Fsp3) is 0.0909. The molecule has 0 fully saturated rings. The lowest BCUT2D eigenvalue weighted by atomic mass is 10.2. The molecule has 2 N–H and O–H groups in total. The van der Waals surface area contributed by atoms with Crippen molar-refractivity contribution in [1.82, 2.24) is 14.7 Å². The third kappa shape index (κ3) is 5.07. The number of para-hydroxylation sites is 1. The van der Waals surface area contributed by atoms with Crippen LogP contribution in [-0.2, 0) is 10.0 Å². The predicted octanol–water partition coefficient (Wildman–Crippen LogP) is 4.59. The molecule has 0 radical (unpaired) electrons. The summed E-state index contributed by atoms with van der Waals surface area (Å²) in [6, 6.07) is 20.0. The fourth-order valence-corrected chi connectivity index (χ4v) is 4.46. The molecule has 0 bridgehead atoms. The quantitative estimate of drug-likeness (QED) is 0.362. The van der Waals surface area contributed by atoms with E-state index < -0.39 is 15.8 Å². The normalized spacial score (nSPS) is 11.5. The van der Waals surface area contributed by atoms with Gasteiger partial charge in [-0.15, -0.1) is 0 Å². The maximum Gasteiger partial charge on any atom is 0.240 e. The van der Waals surface area contributed by atoms with Gasteiger partial charge < -0.3 is 5.32 Å². The second-order valence-corrected chi connectivity index (χ2v) is 9.38. The molecule has 0 saturated carbocycles. The molecule has 9 heteroatoms. The van der Waals surface area contributed by atoms with Crippen LogP contribution in [0, 0.1) is 5.82 Å². The van der Waals surface area contributed by atoms with Crippen molar-refractivity contribution < 1.29 is 12.8 Å². The Hall–Kier alpha value is -2.88. The van der Waals surface area contributed by atoms with Crippen molar-refractivity contribution in [3.8, 4) is 11.4 Å². The molecular formula is C22H18BrFN4O2S. The van der Waals surface area contributed by atoms with Crippen LogP contribution in [0.25, 0.3) is 22.3 Å². The Morgan fingerprint density at radius 1 is 0.903 bits per heavy atom. The minimum Gasteiger partial charge on any atom is -0.368 e. The number of nitrogens with zero attached hydrogens (tertiary/aromatic N) is 2. The number of hydrogen-bond acceptors (Lipinski definition) is 5. The first-order valence-electron chi connectivity index (χ1n) is 9.44. The molecule has 4 rings (SSSR count). The van der Waals surface area contributed by atoms with E-state index in [1.807, 2.05) is 48.5 Å². The summed E-state index contributed by atoms with van der Waals surface area (Å²) in [7, 11) is -3.72. The van der Waals surface area contributed by atoms with Gasteiger partial charge in [-0.1, -0.05) is 40.2 Å². The fourth-order valence-electron chi connectivity index (χ4n) is 3.03. The summed E-state index contributed by atoms with van der Waals surface area (Å²) in [4.78, 5) is 9.31. The Bertz CT molecular complexity index is 1330. The number of anilines is 1. The highest BCUT2D eigenvalue weighted by Crippen LogP contribution is 2.26. The van der Waals surface area contributed by atoms with Gasteiger partial charge >= 0.3 is 0 Å². The van der Waals surface area contributed by atoms with Crippen molar-refractivity contribution in [2.75, 3.05) is 18.4 Å². The highest BCUT2D eigenvalue weighted by atomic mass is 79.9. The molecule has 6 nitrogen and oxygen atoms in total. The molecule has 0 aliphatic heterocycles. The molecule has 0 atom stereocenters. The van der Waals surface area contributed by atoms with E-state index in [2.05, 4.69) is 35.9 Å². The number of nitrogens with one attached hydrogen (secondary N) is 2. The van der Waals surface area contributed by atoms with Gasteiger partial charge in [0.2, 0.25) is 10.0 Å². The number of halogens is 2. The van der Waals surface area contributed by atoms with Crippen LogP contribution in [0.3, 0.4) is 0 Å². The maximum absolute atomic E-state index is 13.0. The van der Waals surface area contributed by atoms with Crippen molar-refractivity contribution >= 4 is 42.7 Å². The molecule has 31 heavy (non-hydrogen) atoms. The minimum atomic E-state index is -3.72. The van der Waals surface area contributed by atoms with Gasteiger partial charge in [0, 0.05) is 28.5 Å². The summed E-state index contributed by atoms with van der Waals surface area (Å²) in [6.07, 6.45) is 0. The maximum atomic E-state index is 13.0. The van der Waals surface area contributed by atoms with Gasteiger partial charge in [0.05, 0.1) is 10.4 Å². The number of hydrogen-bond donors (Lipinski definition) is 2. The first-order valence-corrected chi connectivity index (χ1v) is 11.7. The van der Waals surface area contributed by atoms with E-state index in [4.69, 9.17) is 0 Å². The molecule has 4 aromatic rings. The summed E-state index contributed by atoms with van der Waals surface area (Å²) in [5, 5.41) is 4.03. The van der Waals surface area contributed by atoms with Gasteiger partial charge in [0.1, 0.15) is 11.6 Å². The molecule has 0 aliphatic rings. The van der Waals surface area contributed by atoms with E-state index >= 15 is 0 Å². The monoisotopic (exact) mass is 500 g/mol. The molecule has 0 amide bonds. The van der Waals surface area contributed by atoms with Crippen LogP contribution < -0.4 is 10.0 Å². The highest BCUT2D eigenvalue weighted by Gasteiger charge is 2.14. The SMILES string of the molecule is O=S(=O)(NCCNc1nc(-c2cccc(Br)c2)nc2ccccc12)c1ccc(F)cc1. The van der Waals surface area contributed by atoms with E-state index in [1.165, 1.54) is 12.1 Å². The third-order valence-electron chi connectivity index (χ3n) is 4.52. The first-order chi connectivity index (χ1) is 14.9. The molecule has 0 unspecified atom stereocenters. The summed E-state index contributed by atoms with van der Waals surface area (Å²) >= 11 is 3.46. The Kier molecular flexibility index (Phi) is 6.26. The predicted molar refractivity (Wildman–Crippen MR) is 123 cm³/mol. The topological polar surface area (TPSA) is 84.0 Å². The molecule has 1 heterocycles. The van der Waals surface area contributed by atoms with Crippen molar-refractivity contribution in [3.63, 3.8) is 0 Å². The van der Waals surface area contributed by atoms with Crippen molar-refractivity contribution in [3.05, 3.63) is 83.1 Å². The Morgan fingerprint density at radius 2 is 1.68 bits per heavy atom. The second kappa shape index (κ2) is 9.09. The molecule has 158 valence electrons. The van der Waals surface area contributed by atoms with E-state index in [1.54, 1.807) is 0 Å². The van der Waals surface area contributed by atoms with Crippen molar-refractivity contribution in [2.45, 2.75) is 4.90 Å². The number of fused-ring (bicyclic) bond motifs is 1. The molecule has 0 saturated heterocycles. The van der Waals surface area contributed by atoms with Crippen LogP contribution in [0.5, 0.6) is 0 Å². The van der Waals surface area contributed by atoms with Gasteiger partial charge in [-0.05, 0) is 48.5 Å². The average molecular weight is 501 g/mol. The van der Waals surface area contributed by atoms with Crippen molar-refractivity contribution in [1.29, 1.82) is 0 Å². The summed E-state index contributed by atoms with van der Waals surface area (Å²) in [6.45, 7) is 0.434. The summed E-state index contributed by atoms with van der Waals surface area (Å²) in [5.74, 6) is 0.688. The van der Waals surface area contributed by atoms with E-state index in [0.717, 1.165) is 33.1 Å². The van der Waals surface area contributed by atoms with Gasteiger partial charge in [0.25, 0.3) is 0 Å². The zero-order valence-electron chi connectivity index (χ0n) is 16.2. The van der Waals surface area contributed by atoms with E-state index in [9.17, 15) is 12.8 Å². The van der Waals surface area contributed by atoms with Crippen LogP contribution in [0.2, 0.25) is 0 Å². The van der Waals surface area contributed by atoms with Crippen LogP contribution in [0.1, 0.15) is 0 Å². The van der Waals surface area contributed by atoms with Crippen LogP contribution >= 0.6 is 15.9 Å². The van der Waals surface area contributed by atoms with Crippen molar-refractivity contribution in [2.24, 2.45) is 0 Å². The highest BCUT2D eigenvalue weighted by molar-refractivity contribution is 9.10. The zero-order valence-corrected chi connectivity index (χ0v) is 18.6. The van der Waals surface area contributed by atoms with Crippen LogP contribution in [0.4, 0.5) is 10.2 Å². The Morgan fingerprint density at radius 3 is 2.45 bits per heavy atom. The number of benzene rings is 3. The minimum absolute atomic E-state index is 0.0123. The van der Waals surface area contributed by atoms with Crippen LogP contribution in [-0.4, -0.2) is 31.5 Å². The van der Waals surface area contributed by atoms with E-state index in [-0.39, 0.29) is 11.4 Å². The number of rotatable bonds is 7. The average Bonchev–Trinajstić information content (AvgIpc) is 2.77. The lowest BCUT2D eigenvalue weighted by Gasteiger charge is -2.12. The van der Waals surface area contributed by atoms with Gasteiger partial charge in [0.15, 0.2) is 5.82 Å². The Balaban J connectivity index is 1.52. The Labute approximate surface area is 187 Å². The van der Waals surface area contributed by atoms with Crippen LogP contribution in [0.15, 0.2) is 82.2 Å². The lowest BCUT2D eigenvalue weighted by molar-refractivity contribution is 0.582. The summed E-state index contributed by atoms with van der Waals surface area (Å²) in [5.41, 5.74) is 1.64. The smallest absolute Gasteiger partial charge is 0.240 e. The largest absolute Gasteiger partial charge is 0.368 e. The van der Waals surface area contributed by atoms with E-state index in [0.29, 0.717) is 18.2 Å². The molecule has 3 aromatic carbocycles. The van der Waals surface area contributed by atoms with Gasteiger partial charge in [-0.25, -0.2) is 27.5 Å². The third-order valence-corrected chi connectivity index (χ3v) is 6.49. The molecular weight excluding hydrogens is 483 g/mol.